The van der Waals surface area contributed by atoms with Gasteiger partial charge in [-0.1, -0.05) is 0 Å². The third kappa shape index (κ3) is 1.46. The molecule has 1 aromatic carbocycles. The van der Waals surface area contributed by atoms with Gasteiger partial charge in [-0.05, 0) is 34.7 Å². The molecule has 0 spiro atoms. The predicted molar refractivity (Wildman–Crippen MR) is 72.8 cm³/mol. The molecular weight excluding hydrogens is 325 g/mol. The van der Waals surface area contributed by atoms with Crippen molar-refractivity contribution in [3.8, 4) is 0 Å². The van der Waals surface area contributed by atoms with Crippen LogP contribution >= 0.6 is 46.1 Å². The van der Waals surface area contributed by atoms with E-state index in [0.717, 1.165) is 0 Å². The summed E-state index contributed by atoms with van der Waals surface area (Å²) < 4.78 is 1.42. The molecule has 0 aromatic heterocycles. The van der Waals surface area contributed by atoms with Crippen LogP contribution in [-0.2, 0) is 0 Å². The fraction of sp³-hybridized carbons (Fsp3) is 0.400. The first-order chi connectivity index (χ1) is 6.86. The van der Waals surface area contributed by atoms with Gasteiger partial charge in [-0.3, -0.25) is 0 Å². The quantitative estimate of drug-likeness (QED) is 0.670. The van der Waals surface area contributed by atoms with E-state index in [-0.39, 0.29) is 0 Å². The number of benzene rings is 1. The topological polar surface area (TPSA) is 3.24 Å². The monoisotopic (exact) mass is 335 g/mol. The highest BCUT2D eigenvalue weighted by atomic mass is 127. The lowest BCUT2D eigenvalue weighted by atomic mass is 10.2. The number of rotatable bonds is 0. The van der Waals surface area contributed by atoms with Gasteiger partial charge in [-0.25, -0.2) is 0 Å². The van der Waals surface area contributed by atoms with Crippen molar-refractivity contribution in [1.82, 2.24) is 0 Å². The third-order valence-corrected chi connectivity index (χ3v) is 5.97. The van der Waals surface area contributed by atoms with Gasteiger partial charge >= 0.3 is 0 Å². The molecule has 4 heteroatoms. The van der Waals surface area contributed by atoms with E-state index < -0.39 is 0 Å². The molecule has 0 bridgehead atoms. The van der Waals surface area contributed by atoms with Gasteiger partial charge in [0, 0.05) is 38.0 Å². The maximum absolute atomic E-state index is 2.56. The lowest BCUT2D eigenvalue weighted by molar-refractivity contribution is 0.828. The number of nitrogens with zero attached hydrogens (tertiary/aromatic N) is 1. The summed E-state index contributed by atoms with van der Waals surface area (Å²) in [6.07, 6.45) is 0. The molecule has 0 atom stereocenters. The fourth-order valence-corrected chi connectivity index (χ4v) is 5.07. The maximum Gasteiger partial charge on any atom is 0.0653 e. The van der Waals surface area contributed by atoms with E-state index in [4.69, 9.17) is 0 Å². The van der Waals surface area contributed by atoms with Crippen LogP contribution in [0.1, 0.15) is 0 Å². The first kappa shape index (κ1) is 9.66. The van der Waals surface area contributed by atoms with E-state index in [1.807, 2.05) is 23.5 Å². The summed E-state index contributed by atoms with van der Waals surface area (Å²) in [7, 11) is 0. The van der Waals surface area contributed by atoms with Crippen LogP contribution in [0.25, 0.3) is 0 Å². The number of halogens is 1. The zero-order chi connectivity index (χ0) is 9.54. The molecule has 2 aliphatic heterocycles. The highest BCUT2D eigenvalue weighted by molar-refractivity contribution is 14.1. The molecule has 0 saturated heterocycles. The molecule has 2 heterocycles. The largest absolute Gasteiger partial charge is 0.368 e. The van der Waals surface area contributed by atoms with Gasteiger partial charge in [0.25, 0.3) is 0 Å². The van der Waals surface area contributed by atoms with Gasteiger partial charge in [0.1, 0.15) is 0 Å². The van der Waals surface area contributed by atoms with E-state index in [9.17, 15) is 0 Å². The van der Waals surface area contributed by atoms with E-state index in [0.29, 0.717) is 0 Å². The molecule has 14 heavy (non-hydrogen) atoms. The second-order valence-corrected chi connectivity index (χ2v) is 6.81. The molecule has 1 aromatic rings. The third-order valence-electron chi connectivity index (χ3n) is 2.59. The Morgan fingerprint density at radius 1 is 1.14 bits per heavy atom. The minimum absolute atomic E-state index is 1.23. The Bertz CT molecular complexity index is 379. The average molecular weight is 335 g/mol. The van der Waals surface area contributed by atoms with Crippen molar-refractivity contribution < 1.29 is 0 Å². The van der Waals surface area contributed by atoms with Gasteiger partial charge in [-0.2, -0.15) is 0 Å². The summed E-state index contributed by atoms with van der Waals surface area (Å²) in [5.74, 6) is 2.49. The second kappa shape index (κ2) is 3.79. The smallest absolute Gasteiger partial charge is 0.0653 e. The zero-order valence-electron chi connectivity index (χ0n) is 7.62. The lowest BCUT2D eigenvalue weighted by Crippen LogP contribution is -2.34. The van der Waals surface area contributed by atoms with E-state index in [1.54, 1.807) is 0 Å². The molecule has 0 radical (unpaired) electrons. The predicted octanol–water partition coefficient (Wildman–Crippen LogP) is 3.31. The van der Waals surface area contributed by atoms with Crippen LogP contribution in [-0.4, -0.2) is 24.6 Å². The molecule has 1 nitrogen and oxygen atoms in total. The summed E-state index contributed by atoms with van der Waals surface area (Å²) in [5, 5.41) is 0. The molecule has 0 aliphatic carbocycles. The van der Waals surface area contributed by atoms with Crippen molar-refractivity contribution in [2.75, 3.05) is 29.5 Å². The Balaban J connectivity index is 2.22. The number of anilines is 1. The van der Waals surface area contributed by atoms with E-state index in [2.05, 4.69) is 39.6 Å². The van der Waals surface area contributed by atoms with Crippen LogP contribution in [0.3, 0.4) is 0 Å². The van der Waals surface area contributed by atoms with Crippen LogP contribution in [0, 0.1) is 3.57 Å². The molecule has 3 rings (SSSR count). The first-order valence-corrected chi connectivity index (χ1v) is 7.74. The van der Waals surface area contributed by atoms with Gasteiger partial charge in [-0.15, -0.1) is 23.5 Å². The van der Waals surface area contributed by atoms with Gasteiger partial charge in [0.2, 0.25) is 0 Å². The SMILES string of the molecule is Ic1ccc2c3c1SCCN3CCS2. The van der Waals surface area contributed by atoms with Crippen LogP contribution in [0.2, 0.25) is 0 Å². The summed E-state index contributed by atoms with van der Waals surface area (Å²) >= 11 is 6.48. The molecule has 0 N–H and O–H groups in total. The lowest BCUT2D eigenvalue weighted by Gasteiger charge is -2.36. The molecule has 0 amide bonds. The fourth-order valence-electron chi connectivity index (χ4n) is 1.94. The maximum atomic E-state index is 2.56. The van der Waals surface area contributed by atoms with E-state index in [1.165, 1.54) is 43.6 Å². The molecule has 0 saturated carbocycles. The normalized spacial score (nSPS) is 19.4. The Hall–Kier alpha value is 0.450. The van der Waals surface area contributed by atoms with Gasteiger partial charge < -0.3 is 4.90 Å². The van der Waals surface area contributed by atoms with Crippen molar-refractivity contribution in [2.24, 2.45) is 0 Å². The van der Waals surface area contributed by atoms with Crippen LogP contribution < -0.4 is 4.90 Å². The average Bonchev–Trinajstić information content (AvgIpc) is 2.24. The molecule has 0 fully saturated rings. The Kier molecular flexibility index (Phi) is 2.62. The van der Waals surface area contributed by atoms with Gasteiger partial charge in [0.05, 0.1) is 5.69 Å². The van der Waals surface area contributed by atoms with Crippen molar-refractivity contribution in [3.05, 3.63) is 15.7 Å². The number of hydrogen-bond acceptors (Lipinski definition) is 3. The molecular formula is C10H10INS2. The van der Waals surface area contributed by atoms with Crippen molar-refractivity contribution in [3.63, 3.8) is 0 Å². The highest BCUT2D eigenvalue weighted by Crippen LogP contribution is 2.46. The molecule has 74 valence electrons. The molecule has 0 unspecified atom stereocenters. The zero-order valence-corrected chi connectivity index (χ0v) is 11.4. The van der Waals surface area contributed by atoms with Crippen LogP contribution in [0.4, 0.5) is 5.69 Å². The summed E-state index contributed by atoms with van der Waals surface area (Å²) in [5.41, 5.74) is 1.52. The van der Waals surface area contributed by atoms with Crippen molar-refractivity contribution in [2.45, 2.75) is 9.79 Å². The summed E-state index contributed by atoms with van der Waals surface area (Å²) in [4.78, 5) is 5.56. The second-order valence-electron chi connectivity index (χ2n) is 3.41. The Morgan fingerprint density at radius 2 is 1.93 bits per heavy atom. The first-order valence-electron chi connectivity index (χ1n) is 4.69. The molecule has 2 aliphatic rings. The van der Waals surface area contributed by atoms with Crippen molar-refractivity contribution in [1.29, 1.82) is 0 Å². The summed E-state index contributed by atoms with van der Waals surface area (Å²) in [6, 6.07) is 4.53. The Labute approximate surface area is 106 Å². The number of hydrogen-bond donors (Lipinski definition) is 0. The van der Waals surface area contributed by atoms with Crippen LogP contribution in [0.5, 0.6) is 0 Å². The number of thioether (sulfide) groups is 2. The van der Waals surface area contributed by atoms with Crippen molar-refractivity contribution >= 4 is 51.8 Å². The summed E-state index contributed by atoms with van der Waals surface area (Å²) in [6.45, 7) is 2.46. The minimum atomic E-state index is 1.23. The highest BCUT2D eigenvalue weighted by Gasteiger charge is 2.25. The standard InChI is InChI=1S/C10H10INS2/c11-7-1-2-8-9-10(7)14-6-4-12(9)3-5-13-8/h1-2H,3-6H2. The van der Waals surface area contributed by atoms with Crippen LogP contribution in [0.15, 0.2) is 21.9 Å². The Morgan fingerprint density at radius 3 is 2.79 bits per heavy atom. The van der Waals surface area contributed by atoms with E-state index >= 15 is 0 Å². The minimum Gasteiger partial charge on any atom is -0.368 e. The van der Waals surface area contributed by atoms with Gasteiger partial charge in [0.15, 0.2) is 0 Å².